The van der Waals surface area contributed by atoms with E-state index in [-0.39, 0.29) is 11.5 Å². The van der Waals surface area contributed by atoms with Crippen molar-refractivity contribution in [3.8, 4) is 17.2 Å². The molecule has 1 N–H and O–H groups in total. The van der Waals surface area contributed by atoms with Crippen molar-refractivity contribution >= 4 is 17.7 Å². The zero-order chi connectivity index (χ0) is 18.9. The van der Waals surface area contributed by atoms with Gasteiger partial charge in [0.1, 0.15) is 28.4 Å². The Labute approximate surface area is 158 Å². The molecule has 2 aromatic carbocycles. The first-order valence-corrected chi connectivity index (χ1v) is 9.37. The molecular formula is C22H23NO4. The molecule has 2 aliphatic rings. The van der Waals surface area contributed by atoms with Crippen LogP contribution in [-0.2, 0) is 0 Å². The Morgan fingerprint density at radius 2 is 1.93 bits per heavy atom. The molecule has 1 spiro atoms. The molecule has 1 saturated carbocycles. The number of phenolic OH excluding ortho intramolecular Hbond substituents is 1. The van der Waals surface area contributed by atoms with Gasteiger partial charge in [-0.3, -0.25) is 9.79 Å². The molecule has 0 atom stereocenters. The highest BCUT2D eigenvalue weighted by Gasteiger charge is 2.43. The summed E-state index contributed by atoms with van der Waals surface area (Å²) < 4.78 is 11.8. The first-order valence-electron chi connectivity index (χ1n) is 9.37. The van der Waals surface area contributed by atoms with E-state index in [9.17, 15) is 9.90 Å². The lowest BCUT2D eigenvalue weighted by molar-refractivity contribution is 0.0130. The molecule has 1 fully saturated rings. The van der Waals surface area contributed by atoms with Crippen LogP contribution in [0.1, 0.15) is 54.4 Å². The molecule has 5 heteroatoms. The van der Waals surface area contributed by atoms with Gasteiger partial charge in [-0.15, -0.1) is 0 Å². The normalized spacial score (nSPS) is 18.3. The number of phenols is 1. The van der Waals surface area contributed by atoms with E-state index in [1.807, 2.05) is 30.3 Å². The highest BCUT2D eigenvalue weighted by Crippen LogP contribution is 2.47. The smallest absolute Gasteiger partial charge is 0.174 e. The molecule has 0 unspecified atom stereocenters. The molecule has 1 aliphatic carbocycles. The standard InChI is InChI=1S/C22H23NO4/c1-26-21-16(14-23-15-8-4-2-5-9-15)17(24)12-19-20(21)18(25)13-22(27-19)10-6-3-7-11-22/h2,4-5,8-9,12,14,24H,3,6-7,10-11,13H2,1H3. The molecule has 2 aromatic rings. The van der Waals surface area contributed by atoms with E-state index in [0.717, 1.165) is 31.4 Å². The highest BCUT2D eigenvalue weighted by molar-refractivity contribution is 6.06. The lowest BCUT2D eigenvalue weighted by Gasteiger charge is -2.41. The van der Waals surface area contributed by atoms with Crippen molar-refractivity contribution in [3.05, 3.63) is 47.5 Å². The molecule has 0 amide bonds. The van der Waals surface area contributed by atoms with Gasteiger partial charge < -0.3 is 14.6 Å². The average molecular weight is 365 g/mol. The topological polar surface area (TPSA) is 68.1 Å². The van der Waals surface area contributed by atoms with E-state index < -0.39 is 5.60 Å². The van der Waals surface area contributed by atoms with E-state index in [2.05, 4.69) is 4.99 Å². The molecule has 1 aliphatic heterocycles. The van der Waals surface area contributed by atoms with Crippen LogP contribution in [0.4, 0.5) is 5.69 Å². The van der Waals surface area contributed by atoms with Crippen molar-refractivity contribution < 1.29 is 19.4 Å². The third-order valence-electron chi connectivity index (χ3n) is 5.42. The zero-order valence-corrected chi connectivity index (χ0v) is 15.4. The second-order valence-corrected chi connectivity index (χ2v) is 7.26. The molecule has 0 saturated heterocycles. The number of Topliss-reactive ketones (excluding diaryl/α,β-unsaturated/α-hetero) is 1. The number of ether oxygens (including phenoxy) is 2. The molecule has 4 rings (SSSR count). The third-order valence-corrected chi connectivity index (χ3v) is 5.42. The molecular weight excluding hydrogens is 342 g/mol. The van der Waals surface area contributed by atoms with Crippen LogP contribution in [0.3, 0.4) is 0 Å². The summed E-state index contributed by atoms with van der Waals surface area (Å²) in [6, 6.07) is 10.9. The van der Waals surface area contributed by atoms with Gasteiger partial charge in [0.2, 0.25) is 0 Å². The fourth-order valence-electron chi connectivity index (χ4n) is 4.10. The predicted molar refractivity (Wildman–Crippen MR) is 104 cm³/mol. The first kappa shape index (κ1) is 17.6. The number of benzene rings is 2. The molecule has 5 nitrogen and oxygen atoms in total. The molecule has 0 radical (unpaired) electrons. The van der Waals surface area contributed by atoms with E-state index in [4.69, 9.17) is 9.47 Å². The first-order chi connectivity index (χ1) is 13.1. The number of hydrogen-bond acceptors (Lipinski definition) is 5. The number of nitrogens with zero attached hydrogens (tertiary/aromatic N) is 1. The van der Waals surface area contributed by atoms with Gasteiger partial charge in [-0.25, -0.2) is 0 Å². The lowest BCUT2D eigenvalue weighted by Crippen LogP contribution is -2.43. The van der Waals surface area contributed by atoms with Crippen LogP contribution in [0.2, 0.25) is 0 Å². The van der Waals surface area contributed by atoms with Crippen LogP contribution in [0.15, 0.2) is 41.4 Å². The maximum Gasteiger partial charge on any atom is 0.174 e. The summed E-state index contributed by atoms with van der Waals surface area (Å²) in [7, 11) is 1.49. The fraction of sp³-hybridized carbons (Fsp3) is 0.364. The average Bonchev–Trinajstić information content (AvgIpc) is 2.67. The molecule has 0 aromatic heterocycles. The minimum absolute atomic E-state index is 0.00404. The number of hydrogen-bond donors (Lipinski definition) is 1. The minimum Gasteiger partial charge on any atom is -0.507 e. The number of ketones is 1. The van der Waals surface area contributed by atoms with Crippen LogP contribution >= 0.6 is 0 Å². The maximum atomic E-state index is 13.0. The summed E-state index contributed by atoms with van der Waals surface area (Å²) in [5.41, 5.74) is 1.11. The van der Waals surface area contributed by atoms with Gasteiger partial charge >= 0.3 is 0 Å². The fourth-order valence-corrected chi connectivity index (χ4v) is 4.10. The number of aromatic hydroxyl groups is 1. The molecule has 140 valence electrons. The third kappa shape index (κ3) is 3.29. The van der Waals surface area contributed by atoms with Gasteiger partial charge in [-0.1, -0.05) is 24.6 Å². The second kappa shape index (κ2) is 7.06. The van der Waals surface area contributed by atoms with Gasteiger partial charge in [-0.05, 0) is 37.8 Å². The van der Waals surface area contributed by atoms with Crippen LogP contribution < -0.4 is 9.47 Å². The molecule has 0 bridgehead atoms. The summed E-state index contributed by atoms with van der Waals surface area (Å²) in [6.45, 7) is 0. The van der Waals surface area contributed by atoms with Crippen LogP contribution in [-0.4, -0.2) is 29.8 Å². The Balaban J connectivity index is 1.75. The number of aliphatic imine (C=N–C) groups is 1. The number of methoxy groups -OCH3 is 1. The van der Waals surface area contributed by atoms with Crippen molar-refractivity contribution in [3.63, 3.8) is 0 Å². The Kier molecular flexibility index (Phi) is 4.60. The van der Waals surface area contributed by atoms with Crippen molar-refractivity contribution in [2.45, 2.75) is 44.1 Å². The Morgan fingerprint density at radius 1 is 1.19 bits per heavy atom. The Morgan fingerprint density at radius 3 is 2.63 bits per heavy atom. The minimum atomic E-state index is -0.431. The number of carbonyl (C=O) groups is 1. The van der Waals surface area contributed by atoms with E-state index in [1.54, 1.807) is 0 Å². The molecule has 1 heterocycles. The van der Waals surface area contributed by atoms with Crippen molar-refractivity contribution in [2.75, 3.05) is 7.11 Å². The second-order valence-electron chi connectivity index (χ2n) is 7.26. The lowest BCUT2D eigenvalue weighted by atomic mass is 9.78. The number of rotatable bonds is 3. The largest absolute Gasteiger partial charge is 0.507 e. The monoisotopic (exact) mass is 365 g/mol. The summed E-state index contributed by atoms with van der Waals surface area (Å²) in [4.78, 5) is 17.4. The Hall–Kier alpha value is -2.82. The van der Waals surface area contributed by atoms with Crippen molar-refractivity contribution in [2.24, 2.45) is 4.99 Å². The summed E-state index contributed by atoms with van der Waals surface area (Å²) in [5.74, 6) is 0.731. The van der Waals surface area contributed by atoms with Crippen LogP contribution in [0.5, 0.6) is 17.2 Å². The van der Waals surface area contributed by atoms with E-state index >= 15 is 0 Å². The van der Waals surface area contributed by atoms with Gasteiger partial charge in [-0.2, -0.15) is 0 Å². The maximum absolute atomic E-state index is 13.0. The zero-order valence-electron chi connectivity index (χ0n) is 15.4. The summed E-state index contributed by atoms with van der Waals surface area (Å²) in [6.07, 6.45) is 6.94. The quantitative estimate of drug-likeness (QED) is 0.792. The predicted octanol–water partition coefficient (Wildman–Crippen LogP) is 4.82. The SMILES string of the molecule is COc1c(C=Nc2ccccc2)c(O)cc2c1C(=O)CC1(CCCCC1)O2. The van der Waals surface area contributed by atoms with Crippen LogP contribution in [0, 0.1) is 0 Å². The van der Waals surface area contributed by atoms with Gasteiger partial charge in [0.05, 0.1) is 24.8 Å². The molecule has 27 heavy (non-hydrogen) atoms. The number of para-hydroxylation sites is 1. The van der Waals surface area contributed by atoms with Crippen molar-refractivity contribution in [1.29, 1.82) is 0 Å². The van der Waals surface area contributed by atoms with E-state index in [1.165, 1.54) is 25.8 Å². The van der Waals surface area contributed by atoms with Crippen LogP contribution in [0.25, 0.3) is 0 Å². The van der Waals surface area contributed by atoms with Gasteiger partial charge in [0.15, 0.2) is 5.78 Å². The number of carbonyl (C=O) groups excluding carboxylic acids is 1. The highest BCUT2D eigenvalue weighted by atomic mass is 16.5. The summed E-state index contributed by atoms with van der Waals surface area (Å²) >= 11 is 0. The van der Waals surface area contributed by atoms with Gasteiger partial charge in [0.25, 0.3) is 0 Å². The summed E-state index contributed by atoms with van der Waals surface area (Å²) in [5, 5.41) is 10.6. The Bertz CT molecular complexity index is 883. The van der Waals surface area contributed by atoms with Crippen molar-refractivity contribution in [1.82, 2.24) is 0 Å². The van der Waals surface area contributed by atoms with E-state index in [0.29, 0.717) is 29.0 Å². The van der Waals surface area contributed by atoms with Gasteiger partial charge in [0, 0.05) is 12.3 Å². The number of fused-ring (bicyclic) bond motifs is 1.